The molecule has 3 fully saturated rings. The molecule has 0 amide bonds. The molecule has 27 heavy (non-hydrogen) atoms. The third-order valence-electron chi connectivity index (χ3n) is 5.06. The molecule has 2 saturated heterocycles. The summed E-state index contributed by atoms with van der Waals surface area (Å²) in [4.78, 5) is 10.8. The van der Waals surface area contributed by atoms with Crippen LogP contribution in [-0.2, 0) is 19.6 Å². The lowest BCUT2D eigenvalue weighted by atomic mass is 10.1. The fourth-order valence-electron chi connectivity index (χ4n) is 3.71. The zero-order chi connectivity index (χ0) is 19.6. The monoisotopic (exact) mass is 436 g/mol. The van der Waals surface area contributed by atoms with Crippen LogP contribution in [0.3, 0.4) is 0 Å². The molecule has 0 unspecified atom stereocenters. The van der Waals surface area contributed by atoms with E-state index in [1.807, 2.05) is 0 Å². The molecule has 2 N–H and O–H groups in total. The van der Waals surface area contributed by atoms with Gasteiger partial charge in [-0.25, -0.2) is 13.1 Å². The minimum Gasteiger partial charge on any atom is -0.483 e. The van der Waals surface area contributed by atoms with Crippen LogP contribution in [0.5, 0.6) is 0 Å². The van der Waals surface area contributed by atoms with Crippen LogP contribution in [0.4, 0.5) is 0 Å². The maximum absolute atomic E-state index is 12.6. The second-order valence-electron chi connectivity index (χ2n) is 7.08. The Labute approximate surface area is 168 Å². The molecule has 1 aromatic carbocycles. The first-order chi connectivity index (χ1) is 12.8. The van der Waals surface area contributed by atoms with Crippen LogP contribution in [-0.4, -0.2) is 62.8 Å². The van der Waals surface area contributed by atoms with Gasteiger partial charge in [-0.2, -0.15) is 0 Å². The van der Waals surface area contributed by atoms with E-state index >= 15 is 0 Å². The summed E-state index contributed by atoms with van der Waals surface area (Å²) in [5.41, 5.74) is 0. The number of carbonyl (C=O) groups is 1. The van der Waals surface area contributed by atoms with E-state index in [0.717, 1.165) is 19.5 Å². The third-order valence-corrected chi connectivity index (χ3v) is 7.00. The van der Waals surface area contributed by atoms with Crippen molar-refractivity contribution in [1.29, 1.82) is 0 Å². The number of benzene rings is 1. The summed E-state index contributed by atoms with van der Waals surface area (Å²) in [6, 6.07) is 4.55. The van der Waals surface area contributed by atoms with E-state index in [-0.39, 0.29) is 17.4 Å². The molecule has 1 saturated carbocycles. The smallest absolute Gasteiger partial charge is 0.290 e. The molecule has 2 aliphatic heterocycles. The van der Waals surface area contributed by atoms with Crippen molar-refractivity contribution in [3.63, 3.8) is 0 Å². The van der Waals surface area contributed by atoms with Crippen molar-refractivity contribution in [2.24, 2.45) is 5.92 Å². The molecule has 3 aliphatic rings. The molecule has 3 atom stereocenters. The largest absolute Gasteiger partial charge is 0.483 e. The number of fused-ring (bicyclic) bond motifs is 1. The van der Waals surface area contributed by atoms with Gasteiger partial charge in [-0.05, 0) is 43.4 Å². The van der Waals surface area contributed by atoms with Gasteiger partial charge in [0.15, 0.2) is 0 Å². The highest BCUT2D eigenvalue weighted by atomic mass is 35.5. The molecule has 1 aromatic rings. The molecule has 4 rings (SSSR count). The van der Waals surface area contributed by atoms with Crippen LogP contribution < -0.4 is 4.72 Å². The average molecular weight is 437 g/mol. The van der Waals surface area contributed by atoms with Gasteiger partial charge in [-0.3, -0.25) is 9.69 Å². The summed E-state index contributed by atoms with van der Waals surface area (Å²) in [6.45, 7) is 2.09. The van der Waals surface area contributed by atoms with Crippen LogP contribution in [0, 0.1) is 5.92 Å². The number of nitrogens with zero attached hydrogens (tertiary/aromatic N) is 1. The number of nitrogens with one attached hydrogen (secondary N) is 1. The van der Waals surface area contributed by atoms with Crippen molar-refractivity contribution in [2.45, 2.75) is 42.3 Å². The zero-order valence-corrected chi connectivity index (χ0v) is 16.9. The normalized spacial score (nSPS) is 28.1. The SMILES string of the molecule is O=CO.O=S(=O)(N[C@H]1C[C@H]2CO[C@@H](C3CC3)CN2C1)c1cc(Cl)cc(Cl)c1. The van der Waals surface area contributed by atoms with Gasteiger partial charge in [0.1, 0.15) is 0 Å². The van der Waals surface area contributed by atoms with Crippen LogP contribution in [0.15, 0.2) is 23.1 Å². The number of rotatable bonds is 4. The summed E-state index contributed by atoms with van der Waals surface area (Å²) in [6.07, 6.45) is 3.61. The van der Waals surface area contributed by atoms with E-state index in [2.05, 4.69) is 9.62 Å². The van der Waals surface area contributed by atoms with Crippen molar-refractivity contribution in [1.82, 2.24) is 9.62 Å². The molecule has 0 spiro atoms. The van der Waals surface area contributed by atoms with E-state index < -0.39 is 10.0 Å². The number of sulfonamides is 1. The summed E-state index contributed by atoms with van der Waals surface area (Å²) in [5, 5.41) is 7.51. The second-order valence-corrected chi connectivity index (χ2v) is 9.67. The van der Waals surface area contributed by atoms with Gasteiger partial charge < -0.3 is 9.84 Å². The van der Waals surface area contributed by atoms with Crippen molar-refractivity contribution in [2.75, 3.05) is 19.7 Å². The van der Waals surface area contributed by atoms with Gasteiger partial charge in [0, 0.05) is 35.2 Å². The van der Waals surface area contributed by atoms with Crippen molar-refractivity contribution >= 4 is 39.7 Å². The van der Waals surface area contributed by atoms with Gasteiger partial charge >= 0.3 is 0 Å². The van der Waals surface area contributed by atoms with Crippen LogP contribution in [0.25, 0.3) is 0 Å². The predicted molar refractivity (Wildman–Crippen MR) is 102 cm³/mol. The van der Waals surface area contributed by atoms with E-state index in [1.165, 1.54) is 31.0 Å². The molecule has 1 aliphatic carbocycles. The lowest BCUT2D eigenvalue weighted by Gasteiger charge is -2.35. The Hall–Kier alpha value is -0.900. The minimum atomic E-state index is -3.64. The maximum Gasteiger partial charge on any atom is 0.290 e. The van der Waals surface area contributed by atoms with Crippen molar-refractivity contribution < 1.29 is 23.1 Å². The zero-order valence-electron chi connectivity index (χ0n) is 14.6. The van der Waals surface area contributed by atoms with Gasteiger partial charge in [0.2, 0.25) is 10.0 Å². The molecule has 150 valence electrons. The predicted octanol–water partition coefficient (Wildman–Crippen LogP) is 2.22. The summed E-state index contributed by atoms with van der Waals surface area (Å²) < 4.78 is 34.0. The molecule has 2 heterocycles. The Morgan fingerprint density at radius 1 is 1.19 bits per heavy atom. The number of halogens is 2. The molecule has 0 bridgehead atoms. The molecular weight excluding hydrogens is 415 g/mol. The number of morpholine rings is 1. The summed E-state index contributed by atoms with van der Waals surface area (Å²) in [5.74, 6) is 0.704. The third kappa shape index (κ3) is 5.34. The lowest BCUT2D eigenvalue weighted by molar-refractivity contribution is -0.122. The molecule has 7 nitrogen and oxygen atoms in total. The Balaban J connectivity index is 0.000000659. The highest BCUT2D eigenvalue weighted by Gasteiger charge is 2.43. The van der Waals surface area contributed by atoms with E-state index in [1.54, 1.807) is 0 Å². The first-order valence-corrected chi connectivity index (χ1v) is 11.0. The molecule has 10 heteroatoms. The Kier molecular flexibility index (Phi) is 6.66. The van der Waals surface area contributed by atoms with Gasteiger partial charge in [0.25, 0.3) is 6.47 Å². The number of carboxylic acid groups (broad SMARTS) is 1. The minimum absolute atomic E-state index is 0.108. The van der Waals surface area contributed by atoms with Gasteiger partial charge in [-0.1, -0.05) is 23.2 Å². The summed E-state index contributed by atoms with van der Waals surface area (Å²) >= 11 is 11.8. The number of ether oxygens (including phenoxy) is 1. The fraction of sp³-hybridized carbons (Fsp3) is 0.588. The summed E-state index contributed by atoms with van der Waals surface area (Å²) in [7, 11) is -3.64. The average Bonchev–Trinajstić information content (AvgIpc) is 3.35. The van der Waals surface area contributed by atoms with Crippen molar-refractivity contribution in [3.05, 3.63) is 28.2 Å². The van der Waals surface area contributed by atoms with E-state index in [9.17, 15) is 8.42 Å². The Morgan fingerprint density at radius 2 is 1.81 bits per heavy atom. The van der Waals surface area contributed by atoms with Gasteiger partial charge in [0.05, 0.1) is 17.6 Å². The highest BCUT2D eigenvalue weighted by Crippen LogP contribution is 2.38. The highest BCUT2D eigenvalue weighted by molar-refractivity contribution is 7.89. The molecule has 0 radical (unpaired) electrons. The first-order valence-electron chi connectivity index (χ1n) is 8.74. The van der Waals surface area contributed by atoms with Crippen molar-refractivity contribution in [3.8, 4) is 0 Å². The van der Waals surface area contributed by atoms with Crippen LogP contribution >= 0.6 is 23.2 Å². The fourth-order valence-corrected chi connectivity index (χ4v) is 5.67. The van der Waals surface area contributed by atoms with E-state index in [0.29, 0.717) is 34.7 Å². The standard InChI is InChI=1S/C16H20Cl2N2O3S.CH2O2/c17-11-3-12(18)5-15(4-11)24(21,22)19-13-6-14-9-23-16(10-1-2-10)8-20(14)7-13;2-1-3/h3-5,10,13-14,16,19H,1-2,6-9H2;1H,(H,2,3)/t13-,14-,16+;/m0./s1. The first kappa shape index (κ1) is 20.8. The Morgan fingerprint density at radius 3 is 2.41 bits per heavy atom. The quantitative estimate of drug-likeness (QED) is 0.702. The van der Waals surface area contributed by atoms with E-state index in [4.69, 9.17) is 37.8 Å². The second kappa shape index (κ2) is 8.63. The van der Waals surface area contributed by atoms with Crippen LogP contribution in [0.1, 0.15) is 19.3 Å². The number of hydrogen-bond acceptors (Lipinski definition) is 5. The lowest BCUT2D eigenvalue weighted by Crippen LogP contribution is -2.47. The van der Waals surface area contributed by atoms with Gasteiger partial charge in [-0.15, -0.1) is 0 Å². The Bertz CT molecular complexity index is 767. The maximum atomic E-state index is 12.6. The topological polar surface area (TPSA) is 95.9 Å². The number of hydrogen-bond donors (Lipinski definition) is 2. The molecule has 0 aromatic heterocycles. The van der Waals surface area contributed by atoms with Crippen LogP contribution in [0.2, 0.25) is 10.0 Å². The molecular formula is C17H22Cl2N2O5S.